The first-order valence-electron chi connectivity index (χ1n) is 8.82. The van der Waals surface area contributed by atoms with Crippen LogP contribution < -0.4 is 5.32 Å². The summed E-state index contributed by atoms with van der Waals surface area (Å²) in [4.78, 5) is 17.8. The van der Waals surface area contributed by atoms with Gasteiger partial charge in [-0.2, -0.15) is 0 Å². The minimum absolute atomic E-state index is 0.00667. The van der Waals surface area contributed by atoms with Gasteiger partial charge in [-0.3, -0.25) is 4.79 Å². The highest BCUT2D eigenvalue weighted by Gasteiger charge is 2.10. The number of aryl methyl sites for hydroxylation is 1. The predicted molar refractivity (Wildman–Crippen MR) is 117 cm³/mol. The van der Waals surface area contributed by atoms with Crippen molar-refractivity contribution in [2.45, 2.75) is 19.1 Å². The first kappa shape index (κ1) is 20.8. The van der Waals surface area contributed by atoms with Crippen LogP contribution in [-0.4, -0.2) is 23.2 Å². The zero-order valence-corrected chi connectivity index (χ0v) is 17.8. The maximum Gasteiger partial charge on any atom is 0.230 e. The van der Waals surface area contributed by atoms with Gasteiger partial charge in [0.05, 0.1) is 11.4 Å². The third-order valence-electron chi connectivity index (χ3n) is 4.10. The van der Waals surface area contributed by atoms with Crippen LogP contribution in [0.25, 0.3) is 10.6 Å². The van der Waals surface area contributed by atoms with Crippen LogP contribution in [0.5, 0.6) is 0 Å². The molecule has 0 saturated heterocycles. The first-order valence-corrected chi connectivity index (χ1v) is 11.2. The molecule has 0 aliphatic heterocycles. The smallest absolute Gasteiger partial charge is 0.230 e. The summed E-state index contributed by atoms with van der Waals surface area (Å²) in [6, 6.07) is 14.0. The minimum Gasteiger partial charge on any atom is -0.355 e. The Morgan fingerprint density at radius 1 is 1.18 bits per heavy atom. The van der Waals surface area contributed by atoms with Gasteiger partial charge >= 0.3 is 0 Å². The van der Waals surface area contributed by atoms with Crippen molar-refractivity contribution < 1.29 is 9.18 Å². The number of rotatable bonds is 8. The number of carbonyl (C=O) groups excluding carboxylic acids is 1. The van der Waals surface area contributed by atoms with Crippen molar-refractivity contribution >= 4 is 40.6 Å². The standard InChI is InChI=1S/C21H20ClFN2OS2/c1-14-19(28-21(25-14)16-4-6-17(22)7-5-16)12-27-13-20(26)24-11-10-15-2-8-18(23)9-3-15/h2-9H,10-13H2,1H3,(H,24,26). The van der Waals surface area contributed by atoms with Crippen LogP contribution in [0.3, 0.4) is 0 Å². The number of benzene rings is 2. The topological polar surface area (TPSA) is 42.0 Å². The van der Waals surface area contributed by atoms with Gasteiger partial charge in [-0.05, 0) is 43.2 Å². The molecule has 1 amide bonds. The molecule has 146 valence electrons. The highest BCUT2D eigenvalue weighted by Crippen LogP contribution is 2.31. The molecule has 3 aromatic rings. The average Bonchev–Trinajstić information content (AvgIpc) is 3.05. The maximum atomic E-state index is 12.9. The number of aromatic nitrogens is 1. The van der Waals surface area contributed by atoms with Gasteiger partial charge in [0.1, 0.15) is 10.8 Å². The van der Waals surface area contributed by atoms with E-state index < -0.39 is 0 Å². The maximum absolute atomic E-state index is 12.9. The quantitative estimate of drug-likeness (QED) is 0.508. The lowest BCUT2D eigenvalue weighted by Gasteiger charge is -2.05. The van der Waals surface area contributed by atoms with Gasteiger partial charge in [-0.15, -0.1) is 23.1 Å². The second-order valence-corrected chi connectivity index (χ2v) is 8.76. The van der Waals surface area contributed by atoms with Crippen molar-refractivity contribution in [2.75, 3.05) is 12.3 Å². The van der Waals surface area contributed by atoms with E-state index in [9.17, 15) is 9.18 Å². The fourth-order valence-corrected chi connectivity index (χ4v) is 4.82. The number of thiazole rings is 1. The summed E-state index contributed by atoms with van der Waals surface area (Å²) in [6.45, 7) is 2.54. The lowest BCUT2D eigenvalue weighted by molar-refractivity contribution is -0.118. The van der Waals surface area contributed by atoms with Crippen molar-refractivity contribution in [3.8, 4) is 10.6 Å². The van der Waals surface area contributed by atoms with E-state index in [1.54, 1.807) is 35.2 Å². The van der Waals surface area contributed by atoms with Gasteiger partial charge in [0.25, 0.3) is 0 Å². The molecule has 0 aliphatic rings. The first-order chi connectivity index (χ1) is 13.5. The monoisotopic (exact) mass is 434 g/mol. The number of carbonyl (C=O) groups is 1. The van der Waals surface area contributed by atoms with Crippen molar-refractivity contribution in [3.05, 3.63) is 75.5 Å². The summed E-state index contributed by atoms with van der Waals surface area (Å²) in [5.41, 5.74) is 3.05. The Morgan fingerprint density at radius 2 is 1.89 bits per heavy atom. The Morgan fingerprint density at radius 3 is 2.61 bits per heavy atom. The third kappa shape index (κ3) is 6.06. The van der Waals surface area contributed by atoms with Crippen molar-refractivity contribution in [1.82, 2.24) is 10.3 Å². The number of halogens is 2. The Balaban J connectivity index is 1.42. The fraction of sp³-hybridized carbons (Fsp3) is 0.238. The molecule has 0 bridgehead atoms. The molecule has 1 aromatic heterocycles. The average molecular weight is 435 g/mol. The summed E-state index contributed by atoms with van der Waals surface area (Å²) in [5, 5.41) is 4.58. The highest BCUT2D eigenvalue weighted by atomic mass is 35.5. The lowest BCUT2D eigenvalue weighted by atomic mass is 10.1. The number of hydrogen-bond donors (Lipinski definition) is 1. The molecule has 0 unspecified atom stereocenters. The Labute approximate surface area is 177 Å². The summed E-state index contributed by atoms with van der Waals surface area (Å²) in [7, 11) is 0. The van der Waals surface area contributed by atoms with Crippen LogP contribution in [0, 0.1) is 12.7 Å². The molecule has 0 fully saturated rings. The zero-order chi connectivity index (χ0) is 19.9. The molecule has 0 saturated carbocycles. The van der Waals surface area contributed by atoms with E-state index in [-0.39, 0.29) is 11.7 Å². The van der Waals surface area contributed by atoms with Crippen LogP contribution in [-0.2, 0) is 17.0 Å². The van der Waals surface area contributed by atoms with Gasteiger partial charge < -0.3 is 5.32 Å². The van der Waals surface area contributed by atoms with Gasteiger partial charge in [-0.1, -0.05) is 35.9 Å². The van der Waals surface area contributed by atoms with Gasteiger partial charge in [0, 0.05) is 27.8 Å². The van der Waals surface area contributed by atoms with E-state index >= 15 is 0 Å². The van der Waals surface area contributed by atoms with E-state index in [1.807, 2.05) is 31.2 Å². The molecule has 2 aromatic carbocycles. The Kier molecular flexibility index (Phi) is 7.48. The second kappa shape index (κ2) is 10.0. The van der Waals surface area contributed by atoms with E-state index in [1.165, 1.54) is 17.0 Å². The molecule has 0 radical (unpaired) electrons. The molecule has 3 nitrogen and oxygen atoms in total. The van der Waals surface area contributed by atoms with Crippen LogP contribution in [0.2, 0.25) is 5.02 Å². The number of nitrogens with zero attached hydrogens (tertiary/aromatic N) is 1. The molecule has 28 heavy (non-hydrogen) atoms. The molecule has 3 rings (SSSR count). The normalized spacial score (nSPS) is 10.8. The fourth-order valence-electron chi connectivity index (χ4n) is 2.56. The molecule has 1 heterocycles. The summed E-state index contributed by atoms with van der Waals surface area (Å²) in [6.07, 6.45) is 0.690. The number of amides is 1. The molecule has 0 spiro atoms. The van der Waals surface area contributed by atoms with Crippen LogP contribution in [0.1, 0.15) is 16.1 Å². The largest absolute Gasteiger partial charge is 0.355 e. The van der Waals surface area contributed by atoms with Crippen molar-refractivity contribution in [2.24, 2.45) is 0 Å². The lowest BCUT2D eigenvalue weighted by Crippen LogP contribution is -2.27. The zero-order valence-electron chi connectivity index (χ0n) is 15.4. The van der Waals surface area contributed by atoms with E-state index in [4.69, 9.17) is 11.6 Å². The van der Waals surface area contributed by atoms with Gasteiger partial charge in [0.2, 0.25) is 5.91 Å². The van der Waals surface area contributed by atoms with E-state index in [0.717, 1.165) is 27.6 Å². The molecule has 7 heteroatoms. The summed E-state index contributed by atoms with van der Waals surface area (Å²) < 4.78 is 12.9. The number of nitrogens with one attached hydrogen (secondary N) is 1. The third-order valence-corrected chi connectivity index (χ3v) is 6.70. The van der Waals surface area contributed by atoms with Crippen molar-refractivity contribution in [3.63, 3.8) is 0 Å². The Hall–Kier alpha value is -1.89. The highest BCUT2D eigenvalue weighted by molar-refractivity contribution is 7.99. The number of hydrogen-bond acceptors (Lipinski definition) is 4. The van der Waals surface area contributed by atoms with Crippen LogP contribution in [0.15, 0.2) is 48.5 Å². The van der Waals surface area contributed by atoms with E-state index in [0.29, 0.717) is 23.7 Å². The molecular formula is C21H20ClFN2OS2. The predicted octanol–water partition coefficient (Wildman–Crippen LogP) is 5.50. The van der Waals surface area contributed by atoms with E-state index in [2.05, 4.69) is 10.3 Å². The summed E-state index contributed by atoms with van der Waals surface area (Å²) in [5.74, 6) is 0.911. The molecule has 0 aliphatic carbocycles. The Bertz CT molecular complexity index is 927. The van der Waals surface area contributed by atoms with Crippen LogP contribution in [0.4, 0.5) is 4.39 Å². The molecule has 1 N–H and O–H groups in total. The molecular weight excluding hydrogens is 415 g/mol. The summed E-state index contributed by atoms with van der Waals surface area (Å²) >= 11 is 9.16. The van der Waals surface area contributed by atoms with Gasteiger partial charge in [0.15, 0.2) is 0 Å². The van der Waals surface area contributed by atoms with Crippen molar-refractivity contribution in [1.29, 1.82) is 0 Å². The number of thioether (sulfide) groups is 1. The second-order valence-electron chi connectivity index (χ2n) is 6.25. The minimum atomic E-state index is -0.248. The SMILES string of the molecule is Cc1nc(-c2ccc(Cl)cc2)sc1CSCC(=O)NCCc1ccc(F)cc1. The van der Waals surface area contributed by atoms with Gasteiger partial charge in [-0.25, -0.2) is 9.37 Å². The molecule has 0 atom stereocenters. The van der Waals surface area contributed by atoms with Crippen LogP contribution >= 0.6 is 34.7 Å².